The van der Waals surface area contributed by atoms with Gasteiger partial charge in [0.05, 0.1) is 12.2 Å². The van der Waals surface area contributed by atoms with E-state index in [9.17, 15) is 0 Å². The predicted octanol–water partition coefficient (Wildman–Crippen LogP) is 3.63. The molecule has 1 aliphatic heterocycles. The lowest BCUT2D eigenvalue weighted by molar-refractivity contribution is 0.320. The second kappa shape index (κ2) is 6.01. The Labute approximate surface area is 134 Å². The molecule has 0 bridgehead atoms. The molecule has 23 heavy (non-hydrogen) atoms. The van der Waals surface area contributed by atoms with Crippen molar-refractivity contribution >= 4 is 0 Å². The monoisotopic (exact) mass is 309 g/mol. The van der Waals surface area contributed by atoms with E-state index in [2.05, 4.69) is 46.3 Å². The molecule has 0 saturated carbocycles. The Morgan fingerprint density at radius 1 is 1.17 bits per heavy atom. The van der Waals surface area contributed by atoms with Crippen molar-refractivity contribution < 1.29 is 8.83 Å². The van der Waals surface area contributed by atoms with E-state index in [1.165, 1.54) is 11.1 Å². The van der Waals surface area contributed by atoms with Gasteiger partial charge in [0.2, 0.25) is 5.89 Å². The highest BCUT2D eigenvalue weighted by atomic mass is 16.4. The lowest BCUT2D eigenvalue weighted by atomic mass is 10.1. The van der Waals surface area contributed by atoms with Crippen LogP contribution in [0.3, 0.4) is 0 Å². The Balaban J connectivity index is 1.41. The molecule has 1 aromatic carbocycles. The van der Waals surface area contributed by atoms with Crippen LogP contribution in [0.5, 0.6) is 0 Å². The van der Waals surface area contributed by atoms with Crippen LogP contribution in [0.1, 0.15) is 29.4 Å². The summed E-state index contributed by atoms with van der Waals surface area (Å²) >= 11 is 0. The van der Waals surface area contributed by atoms with Crippen LogP contribution in [0, 0.1) is 6.92 Å². The lowest BCUT2D eigenvalue weighted by Crippen LogP contribution is -2.19. The number of furan rings is 1. The van der Waals surface area contributed by atoms with Gasteiger partial charge in [-0.2, -0.15) is 0 Å². The van der Waals surface area contributed by atoms with E-state index >= 15 is 0 Å². The zero-order valence-electron chi connectivity index (χ0n) is 13.1. The zero-order chi connectivity index (χ0) is 15.6. The third kappa shape index (κ3) is 3.05. The molecule has 1 atom stereocenters. The van der Waals surface area contributed by atoms with E-state index < -0.39 is 0 Å². The van der Waals surface area contributed by atoms with Crippen LogP contribution in [-0.2, 0) is 6.54 Å². The first-order chi connectivity index (χ1) is 11.3. The van der Waals surface area contributed by atoms with Crippen LogP contribution in [0.25, 0.3) is 11.7 Å². The molecule has 4 rings (SSSR count). The molecular formula is C18H19N3O2. The van der Waals surface area contributed by atoms with Gasteiger partial charge >= 0.3 is 0 Å². The fourth-order valence-corrected chi connectivity index (χ4v) is 3.03. The molecule has 5 heteroatoms. The summed E-state index contributed by atoms with van der Waals surface area (Å²) in [7, 11) is 0. The first-order valence-corrected chi connectivity index (χ1v) is 7.93. The van der Waals surface area contributed by atoms with E-state index in [4.69, 9.17) is 8.83 Å². The Morgan fingerprint density at radius 2 is 2.04 bits per heavy atom. The molecule has 2 aromatic heterocycles. The number of hydrogen-bond donors (Lipinski definition) is 0. The van der Waals surface area contributed by atoms with E-state index in [1.807, 2.05) is 12.1 Å². The van der Waals surface area contributed by atoms with Crippen molar-refractivity contribution in [2.45, 2.75) is 25.8 Å². The number of hydrogen-bond acceptors (Lipinski definition) is 5. The van der Waals surface area contributed by atoms with E-state index in [1.54, 1.807) is 6.26 Å². The van der Waals surface area contributed by atoms with Crippen LogP contribution in [0.15, 0.2) is 51.5 Å². The van der Waals surface area contributed by atoms with Gasteiger partial charge in [-0.1, -0.05) is 29.8 Å². The quantitative estimate of drug-likeness (QED) is 0.736. The molecule has 3 aromatic rings. The maximum absolute atomic E-state index is 5.78. The molecule has 1 fully saturated rings. The Hall–Kier alpha value is -2.40. The number of rotatable bonds is 4. The molecule has 1 aliphatic rings. The van der Waals surface area contributed by atoms with Gasteiger partial charge in [-0.3, -0.25) is 4.90 Å². The topological polar surface area (TPSA) is 55.3 Å². The Bertz CT molecular complexity index is 762. The molecule has 0 spiro atoms. The van der Waals surface area contributed by atoms with Crippen molar-refractivity contribution in [2.75, 3.05) is 13.1 Å². The summed E-state index contributed by atoms with van der Waals surface area (Å²) in [6.45, 7) is 5.09. The predicted molar refractivity (Wildman–Crippen MR) is 85.8 cm³/mol. The second-order valence-corrected chi connectivity index (χ2v) is 6.13. The summed E-state index contributed by atoms with van der Waals surface area (Å²) in [5, 5.41) is 8.30. The molecule has 3 heterocycles. The number of aromatic nitrogens is 2. The van der Waals surface area contributed by atoms with Crippen LogP contribution < -0.4 is 0 Å². The molecule has 0 amide bonds. The molecule has 0 unspecified atom stereocenters. The summed E-state index contributed by atoms with van der Waals surface area (Å²) in [6.07, 6.45) is 2.66. The average Bonchev–Trinajstić information content (AvgIpc) is 3.30. The van der Waals surface area contributed by atoms with E-state index in [-0.39, 0.29) is 0 Å². The van der Waals surface area contributed by atoms with Gasteiger partial charge in [0.15, 0.2) is 5.76 Å². The average molecular weight is 309 g/mol. The third-order valence-corrected chi connectivity index (χ3v) is 4.32. The first kappa shape index (κ1) is 14.2. The van der Waals surface area contributed by atoms with E-state index in [0.29, 0.717) is 23.5 Å². The van der Waals surface area contributed by atoms with Gasteiger partial charge in [-0.05, 0) is 37.6 Å². The molecule has 0 aliphatic carbocycles. The summed E-state index contributed by atoms with van der Waals surface area (Å²) in [4.78, 5) is 2.44. The summed E-state index contributed by atoms with van der Waals surface area (Å²) in [5.41, 5.74) is 2.64. The molecule has 0 N–H and O–H groups in total. The van der Waals surface area contributed by atoms with Crippen molar-refractivity contribution in [1.82, 2.24) is 15.1 Å². The van der Waals surface area contributed by atoms with Crippen molar-refractivity contribution in [3.05, 3.63) is 59.7 Å². The second-order valence-electron chi connectivity index (χ2n) is 6.13. The summed E-state index contributed by atoms with van der Waals surface area (Å²) < 4.78 is 11.1. The van der Waals surface area contributed by atoms with Crippen LogP contribution in [-0.4, -0.2) is 28.2 Å². The Kier molecular flexibility index (Phi) is 3.71. The van der Waals surface area contributed by atoms with Crippen LogP contribution in [0.4, 0.5) is 0 Å². The van der Waals surface area contributed by atoms with Gasteiger partial charge in [-0.15, -0.1) is 10.2 Å². The van der Waals surface area contributed by atoms with Gasteiger partial charge in [0, 0.05) is 13.1 Å². The van der Waals surface area contributed by atoms with E-state index in [0.717, 1.165) is 26.1 Å². The molecule has 118 valence electrons. The lowest BCUT2D eigenvalue weighted by Gasteiger charge is -2.15. The van der Waals surface area contributed by atoms with Gasteiger partial charge in [-0.25, -0.2) is 0 Å². The fraction of sp³-hybridized carbons (Fsp3) is 0.333. The summed E-state index contributed by atoms with van der Waals surface area (Å²) in [5.74, 6) is 2.10. The highest BCUT2D eigenvalue weighted by Gasteiger charge is 2.28. The third-order valence-electron chi connectivity index (χ3n) is 4.32. The highest BCUT2D eigenvalue weighted by Crippen LogP contribution is 2.29. The molecule has 0 radical (unpaired) electrons. The number of likely N-dealkylation sites (tertiary alicyclic amines) is 1. The number of benzene rings is 1. The summed E-state index contributed by atoms with van der Waals surface area (Å²) in [6, 6.07) is 12.4. The normalized spacial score (nSPS) is 18.6. The largest absolute Gasteiger partial charge is 0.459 e. The smallest absolute Gasteiger partial charge is 0.283 e. The highest BCUT2D eigenvalue weighted by molar-refractivity contribution is 5.42. The molecule has 5 nitrogen and oxygen atoms in total. The fourth-order valence-electron chi connectivity index (χ4n) is 3.03. The zero-order valence-corrected chi connectivity index (χ0v) is 13.1. The van der Waals surface area contributed by atoms with Crippen LogP contribution in [0.2, 0.25) is 0 Å². The standard InChI is InChI=1S/C18H19N3O2/c1-13-4-6-14(7-5-13)11-21-9-8-15(12-21)17-19-20-18(23-17)16-3-2-10-22-16/h2-7,10,15H,8-9,11-12H2,1H3/t15-/m0/s1. The maximum Gasteiger partial charge on any atom is 0.283 e. The first-order valence-electron chi connectivity index (χ1n) is 7.93. The number of nitrogens with zero attached hydrogens (tertiary/aromatic N) is 3. The Morgan fingerprint density at radius 3 is 2.83 bits per heavy atom. The van der Waals surface area contributed by atoms with Gasteiger partial charge in [0.25, 0.3) is 5.89 Å². The van der Waals surface area contributed by atoms with Crippen molar-refractivity contribution in [3.8, 4) is 11.7 Å². The minimum Gasteiger partial charge on any atom is -0.459 e. The minimum absolute atomic E-state index is 0.302. The van der Waals surface area contributed by atoms with Crippen LogP contribution >= 0.6 is 0 Å². The number of aryl methyl sites for hydroxylation is 1. The molecule has 1 saturated heterocycles. The van der Waals surface area contributed by atoms with Gasteiger partial charge < -0.3 is 8.83 Å². The van der Waals surface area contributed by atoms with Gasteiger partial charge in [0.1, 0.15) is 0 Å². The maximum atomic E-state index is 5.78. The SMILES string of the molecule is Cc1ccc(CN2CC[C@H](c3nnc(-c4ccco4)o3)C2)cc1. The van der Waals surface area contributed by atoms with Crippen molar-refractivity contribution in [2.24, 2.45) is 0 Å². The van der Waals surface area contributed by atoms with Crippen molar-refractivity contribution in [3.63, 3.8) is 0 Å². The van der Waals surface area contributed by atoms with Crippen molar-refractivity contribution in [1.29, 1.82) is 0 Å². The minimum atomic E-state index is 0.302. The molecular weight excluding hydrogens is 290 g/mol.